The molecule has 0 saturated carbocycles. The number of alkyl halides is 3. The molecule has 31 heavy (non-hydrogen) atoms. The van der Waals surface area contributed by atoms with E-state index in [1.54, 1.807) is 18.6 Å². The number of morpholine rings is 1. The van der Waals surface area contributed by atoms with Crippen LogP contribution < -0.4 is 0 Å². The number of piperidine rings is 1. The van der Waals surface area contributed by atoms with Gasteiger partial charge in [-0.1, -0.05) is 13.8 Å². The fourth-order valence-electron chi connectivity index (χ4n) is 3.52. The molecule has 0 radical (unpaired) electrons. The molecule has 1 spiro atoms. The monoisotopic (exact) mass is 446 g/mol. The molecule has 0 aromatic carbocycles. The lowest BCUT2D eigenvalue weighted by Gasteiger charge is -2.47. The Morgan fingerprint density at radius 3 is 2.39 bits per heavy atom. The summed E-state index contributed by atoms with van der Waals surface area (Å²) in [5, 5.41) is 7.12. The zero-order valence-corrected chi connectivity index (χ0v) is 17.8. The van der Waals surface area contributed by atoms with Crippen LogP contribution in [0.25, 0.3) is 0 Å². The van der Waals surface area contributed by atoms with Crippen molar-refractivity contribution in [2.75, 3.05) is 39.3 Å². The van der Waals surface area contributed by atoms with Gasteiger partial charge >= 0.3 is 12.1 Å². The highest BCUT2D eigenvalue weighted by Gasteiger charge is 2.41. The zero-order valence-electron chi connectivity index (χ0n) is 17.8. The summed E-state index contributed by atoms with van der Waals surface area (Å²) in [6.45, 7) is 9.72. The first-order valence-corrected chi connectivity index (χ1v) is 10.2. The molecule has 2 aliphatic heterocycles. The smallest absolute Gasteiger partial charge is 0.475 e. The van der Waals surface area contributed by atoms with E-state index in [0.717, 1.165) is 38.4 Å². The van der Waals surface area contributed by atoms with Crippen LogP contribution >= 0.6 is 0 Å². The largest absolute Gasteiger partial charge is 0.490 e. The van der Waals surface area contributed by atoms with Gasteiger partial charge in [0.15, 0.2) is 0 Å². The molecule has 2 saturated heterocycles. The SMILES string of the molecule is CC(C)CCN1CCC2(CC1)CN(C(=O)c1cnccn1)CCO2.O=C(O)C(F)(F)F. The van der Waals surface area contributed by atoms with Crippen molar-refractivity contribution in [1.82, 2.24) is 19.8 Å². The Labute approximate surface area is 179 Å². The quantitative estimate of drug-likeness (QED) is 0.759. The van der Waals surface area contributed by atoms with E-state index in [0.29, 0.717) is 25.4 Å². The molecule has 3 heterocycles. The first-order chi connectivity index (χ1) is 14.5. The van der Waals surface area contributed by atoms with Gasteiger partial charge in [0, 0.05) is 32.0 Å². The second-order valence-corrected chi connectivity index (χ2v) is 8.18. The lowest BCUT2D eigenvalue weighted by Crippen LogP contribution is -2.58. The number of likely N-dealkylation sites (tertiary alicyclic amines) is 1. The molecule has 3 rings (SSSR count). The van der Waals surface area contributed by atoms with Gasteiger partial charge in [-0.3, -0.25) is 9.78 Å². The predicted octanol–water partition coefficient (Wildman–Crippen LogP) is 2.46. The third kappa shape index (κ3) is 7.73. The van der Waals surface area contributed by atoms with Crippen molar-refractivity contribution in [2.24, 2.45) is 5.92 Å². The molecule has 8 nitrogen and oxygen atoms in total. The third-order valence-corrected chi connectivity index (χ3v) is 5.35. The molecule has 174 valence electrons. The molecule has 0 bridgehead atoms. The Hall–Kier alpha value is -2.27. The normalized spacial score (nSPS) is 19.1. The number of carboxylic acids is 1. The fraction of sp³-hybridized carbons (Fsp3) is 0.700. The topological polar surface area (TPSA) is 95.9 Å². The first kappa shape index (κ1) is 25.0. The molecule has 0 aliphatic carbocycles. The number of amides is 1. The van der Waals surface area contributed by atoms with E-state index in [-0.39, 0.29) is 11.5 Å². The minimum atomic E-state index is -5.08. The van der Waals surface area contributed by atoms with Gasteiger partial charge in [-0.15, -0.1) is 0 Å². The van der Waals surface area contributed by atoms with Crippen molar-refractivity contribution in [1.29, 1.82) is 0 Å². The summed E-state index contributed by atoms with van der Waals surface area (Å²) in [5.74, 6) is -2.05. The maximum atomic E-state index is 12.6. The summed E-state index contributed by atoms with van der Waals surface area (Å²) in [7, 11) is 0. The molecular formula is C20H29F3N4O4. The van der Waals surface area contributed by atoms with Gasteiger partial charge in [-0.05, 0) is 31.7 Å². The Balaban J connectivity index is 0.000000423. The van der Waals surface area contributed by atoms with Gasteiger partial charge in [-0.25, -0.2) is 9.78 Å². The highest BCUT2D eigenvalue weighted by Crippen LogP contribution is 2.30. The van der Waals surface area contributed by atoms with E-state index in [9.17, 15) is 18.0 Å². The molecule has 2 aliphatic rings. The number of aromatic nitrogens is 2. The molecular weight excluding hydrogens is 417 g/mol. The molecule has 0 unspecified atom stereocenters. The summed E-state index contributed by atoms with van der Waals surface area (Å²) < 4.78 is 37.9. The van der Waals surface area contributed by atoms with Crippen LogP contribution in [0, 0.1) is 5.92 Å². The van der Waals surface area contributed by atoms with Crippen LogP contribution in [0.2, 0.25) is 0 Å². The van der Waals surface area contributed by atoms with E-state index in [2.05, 4.69) is 28.7 Å². The Bertz CT molecular complexity index is 723. The van der Waals surface area contributed by atoms with Crippen molar-refractivity contribution in [3.05, 3.63) is 24.3 Å². The van der Waals surface area contributed by atoms with Crippen LogP contribution in [0.1, 0.15) is 43.6 Å². The molecule has 2 fully saturated rings. The van der Waals surface area contributed by atoms with Gasteiger partial charge in [0.2, 0.25) is 0 Å². The van der Waals surface area contributed by atoms with Crippen molar-refractivity contribution in [3.8, 4) is 0 Å². The Kier molecular flexibility index (Phi) is 8.75. The number of ether oxygens (including phenoxy) is 1. The van der Waals surface area contributed by atoms with E-state index in [1.807, 2.05) is 4.90 Å². The lowest BCUT2D eigenvalue weighted by atomic mass is 9.89. The second kappa shape index (κ2) is 10.9. The third-order valence-electron chi connectivity index (χ3n) is 5.35. The maximum absolute atomic E-state index is 12.6. The standard InChI is InChI=1S/C18H28N4O2.C2HF3O2/c1-15(2)3-8-21-9-4-18(5-10-21)14-22(11-12-24-18)17(23)16-13-19-6-7-20-16;3-2(4,5)1(6)7/h6-7,13,15H,3-5,8-12,14H2,1-2H3;(H,6,7). The van der Waals surface area contributed by atoms with E-state index < -0.39 is 12.1 Å². The van der Waals surface area contributed by atoms with Crippen LogP contribution in [-0.4, -0.2) is 87.9 Å². The summed E-state index contributed by atoms with van der Waals surface area (Å²) in [6, 6.07) is 0. The molecule has 1 aromatic rings. The minimum absolute atomic E-state index is 0.0342. The van der Waals surface area contributed by atoms with E-state index in [1.165, 1.54) is 6.42 Å². The number of carboxylic acid groups (broad SMARTS) is 1. The van der Waals surface area contributed by atoms with Gasteiger partial charge in [0.1, 0.15) is 5.69 Å². The van der Waals surface area contributed by atoms with Crippen LogP contribution in [0.4, 0.5) is 13.2 Å². The average Bonchev–Trinajstić information content (AvgIpc) is 2.73. The van der Waals surface area contributed by atoms with Crippen molar-refractivity contribution in [3.63, 3.8) is 0 Å². The second-order valence-electron chi connectivity index (χ2n) is 8.18. The van der Waals surface area contributed by atoms with Crippen molar-refractivity contribution >= 4 is 11.9 Å². The average molecular weight is 446 g/mol. The van der Waals surface area contributed by atoms with Gasteiger partial charge in [0.25, 0.3) is 5.91 Å². The molecule has 1 N–H and O–H groups in total. The van der Waals surface area contributed by atoms with Crippen LogP contribution in [-0.2, 0) is 9.53 Å². The minimum Gasteiger partial charge on any atom is -0.475 e. The fourth-order valence-corrected chi connectivity index (χ4v) is 3.52. The number of nitrogens with zero attached hydrogens (tertiary/aromatic N) is 4. The number of halogens is 3. The summed E-state index contributed by atoms with van der Waals surface area (Å²) >= 11 is 0. The van der Waals surface area contributed by atoms with Crippen molar-refractivity contribution in [2.45, 2.75) is 44.9 Å². The number of aliphatic carboxylic acids is 1. The highest BCUT2D eigenvalue weighted by atomic mass is 19.4. The number of rotatable bonds is 4. The van der Waals surface area contributed by atoms with Gasteiger partial charge in [-0.2, -0.15) is 13.2 Å². The number of carbonyl (C=O) groups is 2. The molecule has 0 atom stereocenters. The number of hydrogen-bond donors (Lipinski definition) is 1. The maximum Gasteiger partial charge on any atom is 0.490 e. The number of hydrogen-bond acceptors (Lipinski definition) is 6. The molecule has 1 aromatic heterocycles. The first-order valence-electron chi connectivity index (χ1n) is 10.2. The summed E-state index contributed by atoms with van der Waals surface area (Å²) in [6.07, 6.45) is 2.84. The lowest BCUT2D eigenvalue weighted by molar-refractivity contribution is -0.192. The Morgan fingerprint density at radius 2 is 1.87 bits per heavy atom. The summed E-state index contributed by atoms with van der Waals surface area (Å²) in [5.41, 5.74) is 0.244. The highest BCUT2D eigenvalue weighted by molar-refractivity contribution is 5.92. The van der Waals surface area contributed by atoms with Crippen LogP contribution in [0.15, 0.2) is 18.6 Å². The molecule has 1 amide bonds. The zero-order chi connectivity index (χ0) is 23.1. The molecule has 11 heteroatoms. The summed E-state index contributed by atoms with van der Waals surface area (Å²) in [4.78, 5) is 34.1. The predicted molar refractivity (Wildman–Crippen MR) is 105 cm³/mol. The Morgan fingerprint density at radius 1 is 1.23 bits per heavy atom. The van der Waals surface area contributed by atoms with Crippen molar-refractivity contribution < 1.29 is 32.6 Å². The van der Waals surface area contributed by atoms with Gasteiger partial charge < -0.3 is 19.6 Å². The number of carbonyl (C=O) groups excluding carboxylic acids is 1. The van der Waals surface area contributed by atoms with E-state index in [4.69, 9.17) is 14.6 Å². The van der Waals surface area contributed by atoms with Crippen LogP contribution in [0.3, 0.4) is 0 Å². The van der Waals surface area contributed by atoms with Crippen LogP contribution in [0.5, 0.6) is 0 Å². The van der Waals surface area contributed by atoms with Gasteiger partial charge in [0.05, 0.1) is 24.9 Å². The van der Waals surface area contributed by atoms with E-state index >= 15 is 0 Å².